The summed E-state index contributed by atoms with van der Waals surface area (Å²) in [7, 11) is 0. The standard InChI is InChI=1S/C64H93N3O4/c1-4-7-10-13-16-19-22-25-28-35-46-68-62-49-54(50-63(69-47-36-29-26-23-20-17-14-11-8-5-2)64(62)70-48-37-30-27-24-21-18-15-12-9-6-3)53-71-57-42-40-55(41-43-57)56-51-60(58-38-31-33-44-65-58)67-61(52-56)59-39-32-34-45-66-59/h31-34,38-45,49-52H,4-30,35-37,46-48,53H2,1-3H3. The number of hydrogen-bond donors (Lipinski definition) is 0. The van der Waals surface area contributed by atoms with E-state index in [2.05, 4.69) is 67.1 Å². The maximum absolute atomic E-state index is 6.68. The van der Waals surface area contributed by atoms with Crippen LogP contribution in [0.15, 0.2) is 97.3 Å². The van der Waals surface area contributed by atoms with Gasteiger partial charge in [0.15, 0.2) is 11.5 Å². The Kier molecular flexibility index (Phi) is 29.6. The fraction of sp³-hybridized carbons (Fsp3) is 0.578. The lowest BCUT2D eigenvalue weighted by atomic mass is 10.0. The Bertz CT molecular complexity index is 1970. The predicted octanol–water partition coefficient (Wildman–Crippen LogP) is 19.4. The van der Waals surface area contributed by atoms with Crippen molar-refractivity contribution in [1.29, 1.82) is 0 Å². The van der Waals surface area contributed by atoms with E-state index in [4.69, 9.17) is 23.9 Å². The molecule has 5 rings (SSSR count). The van der Waals surface area contributed by atoms with Crippen molar-refractivity contribution >= 4 is 0 Å². The molecule has 0 fully saturated rings. The van der Waals surface area contributed by atoms with Gasteiger partial charge in [-0.2, -0.15) is 0 Å². The molecule has 0 unspecified atom stereocenters. The van der Waals surface area contributed by atoms with Gasteiger partial charge in [0, 0.05) is 12.4 Å². The average Bonchev–Trinajstić information content (AvgIpc) is 3.41. The van der Waals surface area contributed by atoms with Gasteiger partial charge >= 0.3 is 0 Å². The normalized spacial score (nSPS) is 11.3. The van der Waals surface area contributed by atoms with Gasteiger partial charge in [-0.15, -0.1) is 0 Å². The summed E-state index contributed by atoms with van der Waals surface area (Å²) in [5.74, 6) is 3.08. The Morgan fingerprint density at radius 2 is 0.718 bits per heavy atom. The van der Waals surface area contributed by atoms with E-state index in [9.17, 15) is 0 Å². The highest BCUT2D eigenvalue weighted by Gasteiger charge is 2.17. The Morgan fingerprint density at radius 1 is 0.338 bits per heavy atom. The van der Waals surface area contributed by atoms with Crippen LogP contribution < -0.4 is 18.9 Å². The molecule has 0 spiro atoms. The molecule has 5 aromatic rings. The van der Waals surface area contributed by atoms with Crippen molar-refractivity contribution in [3.8, 4) is 56.9 Å². The van der Waals surface area contributed by atoms with E-state index in [1.54, 1.807) is 12.4 Å². The third kappa shape index (κ3) is 23.5. The van der Waals surface area contributed by atoms with Gasteiger partial charge in [-0.05, 0) is 96.6 Å². The minimum Gasteiger partial charge on any atom is -0.490 e. The summed E-state index contributed by atoms with van der Waals surface area (Å²) < 4.78 is 26.6. The van der Waals surface area contributed by atoms with Gasteiger partial charge in [0.2, 0.25) is 5.75 Å². The minimum atomic E-state index is 0.379. The highest BCUT2D eigenvalue weighted by atomic mass is 16.5. The Labute approximate surface area is 431 Å². The topological polar surface area (TPSA) is 75.6 Å². The largest absolute Gasteiger partial charge is 0.490 e. The molecule has 0 bridgehead atoms. The van der Waals surface area contributed by atoms with E-state index in [-0.39, 0.29) is 0 Å². The van der Waals surface area contributed by atoms with E-state index in [1.165, 1.54) is 173 Å². The maximum atomic E-state index is 6.68. The summed E-state index contributed by atoms with van der Waals surface area (Å²) in [5, 5.41) is 0. The second-order valence-electron chi connectivity index (χ2n) is 19.9. The van der Waals surface area contributed by atoms with Crippen LogP contribution in [-0.4, -0.2) is 34.8 Å². The lowest BCUT2D eigenvalue weighted by molar-refractivity contribution is 0.232. The molecule has 3 aromatic heterocycles. The first-order valence-electron chi connectivity index (χ1n) is 28.8. The van der Waals surface area contributed by atoms with Crippen molar-refractivity contribution in [3.05, 3.63) is 103 Å². The summed E-state index contributed by atoms with van der Waals surface area (Å²) in [6.45, 7) is 9.23. The van der Waals surface area contributed by atoms with Crippen LogP contribution in [0, 0.1) is 0 Å². The van der Waals surface area contributed by atoms with Crippen LogP contribution in [0.4, 0.5) is 0 Å². The average molecular weight is 968 g/mol. The van der Waals surface area contributed by atoms with Crippen LogP contribution in [0.2, 0.25) is 0 Å². The monoisotopic (exact) mass is 968 g/mol. The molecule has 3 heterocycles. The molecule has 7 heteroatoms. The van der Waals surface area contributed by atoms with Gasteiger partial charge in [-0.1, -0.05) is 218 Å². The van der Waals surface area contributed by atoms with Crippen molar-refractivity contribution < 1.29 is 18.9 Å². The molecule has 0 N–H and O–H groups in total. The summed E-state index contributed by atoms with van der Waals surface area (Å²) in [4.78, 5) is 14.2. The fourth-order valence-corrected chi connectivity index (χ4v) is 9.28. The predicted molar refractivity (Wildman–Crippen MR) is 299 cm³/mol. The van der Waals surface area contributed by atoms with E-state index >= 15 is 0 Å². The zero-order chi connectivity index (χ0) is 49.7. The second kappa shape index (κ2) is 36.9. The molecule has 2 aromatic carbocycles. The van der Waals surface area contributed by atoms with Crippen molar-refractivity contribution in [2.45, 2.75) is 220 Å². The lowest BCUT2D eigenvalue weighted by Gasteiger charge is -2.19. The fourth-order valence-electron chi connectivity index (χ4n) is 9.28. The molecule has 7 nitrogen and oxygen atoms in total. The smallest absolute Gasteiger partial charge is 0.203 e. The maximum Gasteiger partial charge on any atom is 0.203 e. The van der Waals surface area contributed by atoms with Gasteiger partial charge in [0.1, 0.15) is 12.4 Å². The molecule has 0 saturated carbocycles. The van der Waals surface area contributed by atoms with E-state index < -0.39 is 0 Å². The number of unbranched alkanes of at least 4 members (excludes halogenated alkanes) is 27. The number of rotatable bonds is 42. The highest BCUT2D eigenvalue weighted by Crippen LogP contribution is 2.40. The molecule has 0 aliphatic carbocycles. The summed E-state index contributed by atoms with van der Waals surface area (Å²) in [6.07, 6.45) is 42.4. The van der Waals surface area contributed by atoms with E-state index in [1.807, 2.05) is 48.5 Å². The van der Waals surface area contributed by atoms with Crippen molar-refractivity contribution in [2.75, 3.05) is 19.8 Å². The van der Waals surface area contributed by atoms with Gasteiger partial charge in [-0.3, -0.25) is 9.97 Å². The summed E-state index contributed by atoms with van der Waals surface area (Å²) >= 11 is 0. The molecule has 0 amide bonds. The summed E-state index contributed by atoms with van der Waals surface area (Å²) in [6, 6.07) is 28.6. The van der Waals surface area contributed by atoms with Crippen LogP contribution in [0.25, 0.3) is 33.9 Å². The number of aromatic nitrogens is 3. The number of hydrogen-bond acceptors (Lipinski definition) is 7. The van der Waals surface area contributed by atoms with E-state index in [0.29, 0.717) is 26.4 Å². The van der Waals surface area contributed by atoms with E-state index in [0.717, 1.165) is 81.7 Å². The van der Waals surface area contributed by atoms with Crippen molar-refractivity contribution in [1.82, 2.24) is 15.0 Å². The molecule has 0 aliphatic heterocycles. The first-order chi connectivity index (χ1) is 35.2. The zero-order valence-corrected chi connectivity index (χ0v) is 44.8. The number of pyridine rings is 3. The van der Waals surface area contributed by atoms with Crippen molar-refractivity contribution in [2.24, 2.45) is 0 Å². The SMILES string of the molecule is CCCCCCCCCCCCOc1cc(COc2ccc(-c3cc(-c4ccccn4)nc(-c4ccccn4)c3)cc2)cc(OCCCCCCCCCCCC)c1OCCCCCCCCCCCC. The summed E-state index contributed by atoms with van der Waals surface area (Å²) in [5.41, 5.74) is 6.35. The molecule has 71 heavy (non-hydrogen) atoms. The van der Waals surface area contributed by atoms with Gasteiger partial charge < -0.3 is 18.9 Å². The van der Waals surface area contributed by atoms with Crippen LogP contribution in [0.1, 0.15) is 219 Å². The highest BCUT2D eigenvalue weighted by molar-refractivity contribution is 5.75. The van der Waals surface area contributed by atoms with Gasteiger partial charge in [0.25, 0.3) is 0 Å². The van der Waals surface area contributed by atoms with Crippen LogP contribution in [-0.2, 0) is 6.61 Å². The van der Waals surface area contributed by atoms with Crippen molar-refractivity contribution in [3.63, 3.8) is 0 Å². The Morgan fingerprint density at radius 3 is 1.10 bits per heavy atom. The third-order valence-electron chi connectivity index (χ3n) is 13.6. The molecular weight excluding hydrogens is 875 g/mol. The second-order valence-corrected chi connectivity index (χ2v) is 19.9. The number of nitrogens with zero attached hydrogens (tertiary/aromatic N) is 3. The molecule has 0 aliphatic rings. The lowest BCUT2D eigenvalue weighted by Crippen LogP contribution is -2.08. The molecular formula is C64H93N3O4. The van der Waals surface area contributed by atoms with Gasteiger partial charge in [0.05, 0.1) is 42.6 Å². The molecule has 0 saturated heterocycles. The first kappa shape index (κ1) is 57.0. The molecule has 0 atom stereocenters. The Balaban J connectivity index is 1.26. The van der Waals surface area contributed by atoms with Crippen LogP contribution in [0.3, 0.4) is 0 Å². The number of ether oxygens (including phenoxy) is 4. The number of benzene rings is 2. The molecule has 0 radical (unpaired) electrons. The minimum absolute atomic E-state index is 0.379. The quantitative estimate of drug-likeness (QED) is 0.0361. The zero-order valence-electron chi connectivity index (χ0n) is 44.8. The molecule has 388 valence electrons. The van der Waals surface area contributed by atoms with Gasteiger partial charge in [-0.25, -0.2) is 4.98 Å². The third-order valence-corrected chi connectivity index (χ3v) is 13.6. The Hall–Kier alpha value is -4.91. The van der Waals surface area contributed by atoms with Crippen LogP contribution in [0.5, 0.6) is 23.0 Å². The van der Waals surface area contributed by atoms with Crippen LogP contribution >= 0.6 is 0 Å². The first-order valence-corrected chi connectivity index (χ1v) is 28.8.